The highest BCUT2D eigenvalue weighted by Gasteiger charge is 2.18. The molecular formula is C13H19NO2. The van der Waals surface area contributed by atoms with Crippen LogP contribution in [0.2, 0.25) is 0 Å². The van der Waals surface area contributed by atoms with Gasteiger partial charge in [0.25, 0.3) is 0 Å². The van der Waals surface area contributed by atoms with Crippen molar-refractivity contribution in [2.75, 3.05) is 13.2 Å². The minimum atomic E-state index is -0.642. The first-order valence-electron chi connectivity index (χ1n) is 5.88. The molecule has 3 N–H and O–H groups in total. The molecule has 0 radical (unpaired) electrons. The van der Waals surface area contributed by atoms with E-state index in [0.29, 0.717) is 12.6 Å². The summed E-state index contributed by atoms with van der Waals surface area (Å²) >= 11 is 0. The Balaban J connectivity index is 1.88. The molecule has 1 unspecified atom stereocenters. The summed E-state index contributed by atoms with van der Waals surface area (Å²) in [5, 5.41) is 21.3. The standard InChI is InChI=1S/C13H19NO2/c15-9-13(16)8-14-12-6-5-10-3-1-2-4-11(10)7-12/h1-4,12-16H,5-9H2/t12?,13-/m0/s1. The highest BCUT2D eigenvalue weighted by atomic mass is 16.3. The Morgan fingerprint density at radius 1 is 1.31 bits per heavy atom. The predicted octanol–water partition coefficient (Wildman–Crippen LogP) is 0.487. The van der Waals surface area contributed by atoms with Gasteiger partial charge < -0.3 is 15.5 Å². The van der Waals surface area contributed by atoms with Crippen LogP contribution in [0.1, 0.15) is 17.5 Å². The monoisotopic (exact) mass is 221 g/mol. The van der Waals surface area contributed by atoms with Gasteiger partial charge in [0.15, 0.2) is 0 Å². The predicted molar refractivity (Wildman–Crippen MR) is 63.4 cm³/mol. The van der Waals surface area contributed by atoms with Crippen molar-refractivity contribution in [1.82, 2.24) is 5.32 Å². The summed E-state index contributed by atoms with van der Waals surface area (Å²) in [6.07, 6.45) is 2.59. The Labute approximate surface area is 96.1 Å². The Morgan fingerprint density at radius 2 is 2.06 bits per heavy atom. The van der Waals surface area contributed by atoms with Crippen molar-refractivity contribution in [3.05, 3.63) is 35.4 Å². The van der Waals surface area contributed by atoms with E-state index in [1.807, 2.05) is 0 Å². The van der Waals surface area contributed by atoms with E-state index in [0.717, 1.165) is 19.3 Å². The Kier molecular flexibility index (Phi) is 3.93. The van der Waals surface area contributed by atoms with E-state index in [2.05, 4.69) is 29.6 Å². The van der Waals surface area contributed by atoms with Gasteiger partial charge in [-0.3, -0.25) is 0 Å². The first-order valence-corrected chi connectivity index (χ1v) is 5.88. The van der Waals surface area contributed by atoms with Gasteiger partial charge in [-0.05, 0) is 30.4 Å². The fourth-order valence-electron chi connectivity index (χ4n) is 2.24. The average Bonchev–Trinajstić information content (AvgIpc) is 2.35. The van der Waals surface area contributed by atoms with Crippen LogP contribution >= 0.6 is 0 Å². The van der Waals surface area contributed by atoms with Gasteiger partial charge in [0, 0.05) is 12.6 Å². The van der Waals surface area contributed by atoms with E-state index in [-0.39, 0.29) is 6.61 Å². The van der Waals surface area contributed by atoms with Crippen LogP contribution in [0.25, 0.3) is 0 Å². The van der Waals surface area contributed by atoms with Gasteiger partial charge in [-0.2, -0.15) is 0 Å². The number of aliphatic hydroxyl groups is 2. The van der Waals surface area contributed by atoms with Crippen LogP contribution < -0.4 is 5.32 Å². The van der Waals surface area contributed by atoms with E-state index in [1.165, 1.54) is 11.1 Å². The third-order valence-corrected chi connectivity index (χ3v) is 3.20. The number of aryl methyl sites for hydroxylation is 1. The maximum Gasteiger partial charge on any atom is 0.0895 e. The van der Waals surface area contributed by atoms with Crippen LogP contribution in [0.3, 0.4) is 0 Å². The van der Waals surface area contributed by atoms with Gasteiger partial charge in [-0.25, -0.2) is 0 Å². The second-order valence-electron chi connectivity index (χ2n) is 4.45. The fourth-order valence-corrected chi connectivity index (χ4v) is 2.24. The van der Waals surface area contributed by atoms with Gasteiger partial charge in [0.1, 0.15) is 0 Å². The number of hydrogen-bond donors (Lipinski definition) is 3. The number of hydrogen-bond acceptors (Lipinski definition) is 3. The quantitative estimate of drug-likeness (QED) is 0.693. The van der Waals surface area contributed by atoms with Crippen LogP contribution in [0.5, 0.6) is 0 Å². The third-order valence-electron chi connectivity index (χ3n) is 3.20. The Morgan fingerprint density at radius 3 is 2.81 bits per heavy atom. The van der Waals surface area contributed by atoms with Gasteiger partial charge in [0.2, 0.25) is 0 Å². The molecule has 0 saturated heterocycles. The molecule has 1 aromatic rings. The van der Waals surface area contributed by atoms with Crippen molar-refractivity contribution < 1.29 is 10.2 Å². The summed E-state index contributed by atoms with van der Waals surface area (Å²) in [7, 11) is 0. The molecule has 0 bridgehead atoms. The number of nitrogens with one attached hydrogen (secondary N) is 1. The summed E-state index contributed by atoms with van der Waals surface area (Å²) < 4.78 is 0. The first kappa shape index (κ1) is 11.6. The molecule has 2 atom stereocenters. The lowest BCUT2D eigenvalue weighted by Crippen LogP contribution is -2.40. The number of fused-ring (bicyclic) bond motifs is 1. The zero-order valence-electron chi connectivity index (χ0n) is 9.39. The van der Waals surface area contributed by atoms with Crippen LogP contribution in [-0.2, 0) is 12.8 Å². The molecule has 0 heterocycles. The zero-order chi connectivity index (χ0) is 11.4. The van der Waals surface area contributed by atoms with Crippen molar-refractivity contribution in [2.24, 2.45) is 0 Å². The Hall–Kier alpha value is -0.900. The van der Waals surface area contributed by atoms with Crippen molar-refractivity contribution in [2.45, 2.75) is 31.4 Å². The minimum absolute atomic E-state index is 0.170. The molecule has 2 rings (SSSR count). The van der Waals surface area contributed by atoms with Crippen LogP contribution in [0.15, 0.2) is 24.3 Å². The van der Waals surface area contributed by atoms with Crippen LogP contribution in [-0.4, -0.2) is 35.5 Å². The van der Waals surface area contributed by atoms with Gasteiger partial charge in [-0.1, -0.05) is 24.3 Å². The lowest BCUT2D eigenvalue weighted by molar-refractivity contribution is 0.0913. The molecule has 0 fully saturated rings. The number of benzene rings is 1. The van der Waals surface area contributed by atoms with Crippen LogP contribution in [0.4, 0.5) is 0 Å². The lowest BCUT2D eigenvalue weighted by Gasteiger charge is -2.26. The highest BCUT2D eigenvalue weighted by Crippen LogP contribution is 2.20. The van der Waals surface area contributed by atoms with Crippen LogP contribution in [0, 0.1) is 0 Å². The molecule has 1 aromatic carbocycles. The molecule has 1 aliphatic carbocycles. The molecule has 0 spiro atoms. The van der Waals surface area contributed by atoms with Crippen molar-refractivity contribution in [3.8, 4) is 0 Å². The smallest absolute Gasteiger partial charge is 0.0895 e. The second-order valence-corrected chi connectivity index (χ2v) is 4.45. The molecule has 88 valence electrons. The molecule has 0 aliphatic heterocycles. The second kappa shape index (κ2) is 5.43. The number of aliphatic hydroxyl groups excluding tert-OH is 2. The highest BCUT2D eigenvalue weighted by molar-refractivity contribution is 5.30. The maximum absolute atomic E-state index is 9.27. The normalized spacial score (nSPS) is 21.5. The fraction of sp³-hybridized carbons (Fsp3) is 0.538. The summed E-state index contributed by atoms with van der Waals surface area (Å²) in [5.41, 5.74) is 2.85. The molecule has 1 aliphatic rings. The number of rotatable bonds is 4. The van der Waals surface area contributed by atoms with Gasteiger partial charge in [0.05, 0.1) is 12.7 Å². The Bertz CT molecular complexity index is 340. The molecular weight excluding hydrogens is 202 g/mol. The van der Waals surface area contributed by atoms with Gasteiger partial charge in [-0.15, -0.1) is 0 Å². The van der Waals surface area contributed by atoms with E-state index >= 15 is 0 Å². The summed E-state index contributed by atoms with van der Waals surface area (Å²) in [5.74, 6) is 0. The van der Waals surface area contributed by atoms with E-state index in [9.17, 15) is 5.11 Å². The average molecular weight is 221 g/mol. The lowest BCUT2D eigenvalue weighted by atomic mass is 9.88. The molecule has 3 nitrogen and oxygen atoms in total. The largest absolute Gasteiger partial charge is 0.394 e. The summed E-state index contributed by atoms with van der Waals surface area (Å²) in [6, 6.07) is 8.95. The third kappa shape index (κ3) is 2.82. The van der Waals surface area contributed by atoms with Crippen molar-refractivity contribution in [3.63, 3.8) is 0 Å². The molecule has 3 heteroatoms. The van der Waals surface area contributed by atoms with E-state index < -0.39 is 6.10 Å². The van der Waals surface area contributed by atoms with E-state index in [1.54, 1.807) is 0 Å². The molecule has 16 heavy (non-hydrogen) atoms. The topological polar surface area (TPSA) is 52.5 Å². The molecule has 0 saturated carbocycles. The summed E-state index contributed by atoms with van der Waals surface area (Å²) in [6.45, 7) is 0.305. The van der Waals surface area contributed by atoms with E-state index in [4.69, 9.17) is 5.11 Å². The first-order chi connectivity index (χ1) is 7.79. The molecule has 0 aromatic heterocycles. The zero-order valence-corrected chi connectivity index (χ0v) is 9.39. The summed E-state index contributed by atoms with van der Waals surface area (Å²) in [4.78, 5) is 0. The SMILES string of the molecule is OC[C@@H](O)CNC1CCc2ccccc2C1. The maximum atomic E-state index is 9.27. The van der Waals surface area contributed by atoms with Gasteiger partial charge >= 0.3 is 0 Å². The van der Waals surface area contributed by atoms with Crippen molar-refractivity contribution in [1.29, 1.82) is 0 Å². The minimum Gasteiger partial charge on any atom is -0.394 e. The van der Waals surface area contributed by atoms with Crippen molar-refractivity contribution >= 4 is 0 Å². The molecule has 0 amide bonds.